The Hall–Kier alpha value is -2.80. The van der Waals surface area contributed by atoms with Crippen LogP contribution in [0.5, 0.6) is 17.2 Å². The second-order valence-electron chi connectivity index (χ2n) is 6.18. The zero-order chi connectivity index (χ0) is 20.8. The van der Waals surface area contributed by atoms with Crippen LogP contribution in [0.4, 0.5) is 0 Å². The molecule has 0 saturated heterocycles. The fourth-order valence-electron chi connectivity index (χ4n) is 2.70. The summed E-state index contributed by atoms with van der Waals surface area (Å²) >= 11 is 3.53. The summed E-state index contributed by atoms with van der Waals surface area (Å²) in [4.78, 5) is 16.6. The number of rotatable bonds is 8. The van der Waals surface area contributed by atoms with E-state index in [0.717, 1.165) is 16.5 Å². The molecule has 0 bridgehead atoms. The number of esters is 1. The van der Waals surface area contributed by atoms with Gasteiger partial charge < -0.3 is 18.9 Å². The predicted molar refractivity (Wildman–Crippen MR) is 115 cm³/mol. The Morgan fingerprint density at radius 3 is 2.55 bits per heavy atom. The molecule has 0 unspecified atom stereocenters. The third-order valence-electron chi connectivity index (χ3n) is 4.04. The van der Waals surface area contributed by atoms with Gasteiger partial charge >= 0.3 is 5.97 Å². The van der Waals surface area contributed by atoms with Crippen molar-refractivity contribution in [1.82, 2.24) is 0 Å². The topological polar surface area (TPSA) is 66.3 Å². The predicted octanol–water partition coefficient (Wildman–Crippen LogP) is 4.99. The quantitative estimate of drug-likeness (QED) is 0.410. The van der Waals surface area contributed by atoms with Gasteiger partial charge in [0.2, 0.25) is 5.90 Å². The monoisotopic (exact) mass is 459 g/mol. The van der Waals surface area contributed by atoms with Gasteiger partial charge in [0.05, 0.1) is 24.8 Å². The maximum absolute atomic E-state index is 12.3. The minimum atomic E-state index is -0.504. The number of aliphatic imine (C=N–C) groups is 1. The summed E-state index contributed by atoms with van der Waals surface area (Å²) in [6.45, 7) is 5.03. The highest BCUT2D eigenvalue weighted by Gasteiger charge is 2.24. The van der Waals surface area contributed by atoms with Crippen LogP contribution in [0.3, 0.4) is 0 Å². The van der Waals surface area contributed by atoms with Crippen LogP contribution in [0.15, 0.2) is 51.6 Å². The Kier molecular flexibility index (Phi) is 6.93. The maximum Gasteiger partial charge on any atom is 0.363 e. The van der Waals surface area contributed by atoms with Gasteiger partial charge in [-0.2, -0.15) is 0 Å². The Morgan fingerprint density at radius 1 is 1.14 bits per heavy atom. The molecule has 2 aromatic rings. The van der Waals surface area contributed by atoms with Gasteiger partial charge in [0.1, 0.15) is 5.75 Å². The molecule has 0 fully saturated rings. The van der Waals surface area contributed by atoms with E-state index in [1.54, 1.807) is 37.5 Å². The molecule has 0 atom stereocenters. The lowest BCUT2D eigenvalue weighted by atomic mass is 10.1. The van der Waals surface area contributed by atoms with E-state index < -0.39 is 5.97 Å². The number of cyclic esters (lactones) is 1. The summed E-state index contributed by atoms with van der Waals surface area (Å²) in [5.74, 6) is 1.72. The Morgan fingerprint density at radius 2 is 1.90 bits per heavy atom. The first-order valence-electron chi connectivity index (χ1n) is 9.31. The smallest absolute Gasteiger partial charge is 0.363 e. The molecule has 2 aromatic carbocycles. The normalized spacial score (nSPS) is 14.6. The highest BCUT2D eigenvalue weighted by Crippen LogP contribution is 2.38. The summed E-state index contributed by atoms with van der Waals surface area (Å²) in [6, 6.07) is 10.8. The van der Waals surface area contributed by atoms with Gasteiger partial charge in [-0.3, -0.25) is 0 Å². The summed E-state index contributed by atoms with van der Waals surface area (Å²) in [5.41, 5.74) is 1.66. The number of hydrogen-bond acceptors (Lipinski definition) is 6. The third kappa shape index (κ3) is 4.98. The van der Waals surface area contributed by atoms with Crippen LogP contribution in [-0.4, -0.2) is 32.2 Å². The van der Waals surface area contributed by atoms with Crippen LogP contribution >= 0.6 is 15.9 Å². The number of methoxy groups -OCH3 is 1. The fraction of sp³-hybridized carbons (Fsp3) is 0.273. The lowest BCUT2D eigenvalue weighted by molar-refractivity contribution is -0.129. The molecule has 0 N–H and O–H groups in total. The van der Waals surface area contributed by atoms with Gasteiger partial charge in [0.15, 0.2) is 17.2 Å². The van der Waals surface area contributed by atoms with Crippen molar-refractivity contribution >= 4 is 33.9 Å². The van der Waals surface area contributed by atoms with Crippen molar-refractivity contribution in [1.29, 1.82) is 0 Å². The van der Waals surface area contributed by atoms with E-state index in [2.05, 4.69) is 20.9 Å². The van der Waals surface area contributed by atoms with Crippen LogP contribution in [0, 0.1) is 0 Å². The van der Waals surface area contributed by atoms with Crippen LogP contribution in [0.25, 0.3) is 6.08 Å². The number of halogens is 1. The number of carbonyl (C=O) groups is 1. The molecule has 1 aliphatic heterocycles. The number of hydrogen-bond donors (Lipinski definition) is 0. The molecule has 0 aromatic heterocycles. The van der Waals surface area contributed by atoms with Crippen molar-refractivity contribution < 1.29 is 23.7 Å². The first kappa shape index (κ1) is 20.9. The second kappa shape index (κ2) is 9.60. The van der Waals surface area contributed by atoms with Gasteiger partial charge in [0, 0.05) is 5.56 Å². The molecule has 6 nitrogen and oxygen atoms in total. The number of carbonyl (C=O) groups excluding carboxylic acids is 1. The maximum atomic E-state index is 12.3. The van der Waals surface area contributed by atoms with E-state index in [1.165, 1.54) is 0 Å². The molecule has 1 aliphatic rings. The zero-order valence-electron chi connectivity index (χ0n) is 16.5. The Labute approximate surface area is 178 Å². The van der Waals surface area contributed by atoms with Crippen LogP contribution < -0.4 is 14.2 Å². The average Bonchev–Trinajstić information content (AvgIpc) is 3.08. The molecule has 29 heavy (non-hydrogen) atoms. The largest absolute Gasteiger partial charge is 0.497 e. The molecule has 7 heteroatoms. The van der Waals surface area contributed by atoms with Crippen molar-refractivity contribution in [3.05, 3.63) is 57.7 Å². The third-order valence-corrected chi connectivity index (χ3v) is 4.63. The molecule has 3 rings (SSSR count). The molecule has 0 radical (unpaired) electrons. The molecule has 0 amide bonds. The fourth-order valence-corrected chi connectivity index (χ4v) is 3.28. The van der Waals surface area contributed by atoms with Gasteiger partial charge in [-0.15, -0.1) is 0 Å². The first-order valence-corrected chi connectivity index (χ1v) is 10.1. The van der Waals surface area contributed by atoms with E-state index in [1.807, 2.05) is 26.0 Å². The molecule has 152 valence electrons. The van der Waals surface area contributed by atoms with Crippen LogP contribution in [0.1, 0.15) is 31.4 Å². The van der Waals surface area contributed by atoms with E-state index in [4.69, 9.17) is 18.9 Å². The van der Waals surface area contributed by atoms with Crippen LogP contribution in [-0.2, 0) is 9.53 Å². The van der Waals surface area contributed by atoms with E-state index >= 15 is 0 Å². The average molecular weight is 460 g/mol. The van der Waals surface area contributed by atoms with Crippen LogP contribution in [0.2, 0.25) is 0 Å². The summed E-state index contributed by atoms with van der Waals surface area (Å²) in [6.07, 6.45) is 2.55. The Balaban J connectivity index is 1.91. The summed E-state index contributed by atoms with van der Waals surface area (Å²) in [5, 5.41) is 0. The lowest BCUT2D eigenvalue weighted by Gasteiger charge is -2.14. The van der Waals surface area contributed by atoms with Crippen molar-refractivity contribution in [2.75, 3.05) is 20.3 Å². The van der Waals surface area contributed by atoms with Crippen molar-refractivity contribution in [3.8, 4) is 17.2 Å². The highest BCUT2D eigenvalue weighted by atomic mass is 79.9. The van der Waals surface area contributed by atoms with Crippen molar-refractivity contribution in [2.45, 2.75) is 20.3 Å². The standard InChI is InChI=1S/C22H22BrNO5/c1-4-10-28-20-17(23)11-14(13-19(20)27-5-2)12-18-22(25)29-21(24-18)15-6-8-16(26-3)9-7-15/h6-9,11-13H,4-5,10H2,1-3H3/b18-12-. The highest BCUT2D eigenvalue weighted by molar-refractivity contribution is 9.10. The molecule has 0 aliphatic carbocycles. The summed E-state index contributed by atoms with van der Waals surface area (Å²) in [7, 11) is 1.59. The van der Waals surface area contributed by atoms with Crippen molar-refractivity contribution in [3.63, 3.8) is 0 Å². The van der Waals surface area contributed by atoms with E-state index in [0.29, 0.717) is 36.0 Å². The molecular formula is C22H22BrNO5. The SMILES string of the molecule is CCCOc1c(Br)cc(/C=C2\N=C(c3ccc(OC)cc3)OC2=O)cc1OCC. The van der Waals surface area contributed by atoms with Gasteiger partial charge in [0.25, 0.3) is 0 Å². The first-order chi connectivity index (χ1) is 14.0. The lowest BCUT2D eigenvalue weighted by Crippen LogP contribution is -2.05. The van der Waals surface area contributed by atoms with Gasteiger partial charge in [-0.25, -0.2) is 9.79 Å². The zero-order valence-corrected chi connectivity index (χ0v) is 18.1. The van der Waals surface area contributed by atoms with Gasteiger partial charge in [-0.1, -0.05) is 6.92 Å². The summed E-state index contributed by atoms with van der Waals surface area (Å²) < 4.78 is 22.7. The van der Waals surface area contributed by atoms with Crippen molar-refractivity contribution in [2.24, 2.45) is 4.99 Å². The number of benzene rings is 2. The van der Waals surface area contributed by atoms with E-state index in [-0.39, 0.29) is 11.6 Å². The molecule has 1 heterocycles. The molecule has 0 saturated carbocycles. The molecule has 0 spiro atoms. The molecular weight excluding hydrogens is 438 g/mol. The number of nitrogens with zero attached hydrogens (tertiary/aromatic N) is 1. The number of ether oxygens (including phenoxy) is 4. The Bertz CT molecular complexity index is 950. The van der Waals surface area contributed by atoms with Gasteiger partial charge in [-0.05, 0) is 77.3 Å². The minimum Gasteiger partial charge on any atom is -0.497 e. The van der Waals surface area contributed by atoms with E-state index in [9.17, 15) is 4.79 Å². The second-order valence-corrected chi connectivity index (χ2v) is 7.03. The minimum absolute atomic E-state index is 0.215.